The Hall–Kier alpha value is -2.26. The zero-order chi connectivity index (χ0) is 20.9. The Morgan fingerprint density at radius 1 is 1.10 bits per heavy atom. The van der Waals surface area contributed by atoms with E-state index < -0.39 is 0 Å². The molecule has 158 valence electrons. The summed E-state index contributed by atoms with van der Waals surface area (Å²) < 4.78 is 11.2. The van der Waals surface area contributed by atoms with Crippen LogP contribution in [0.5, 0.6) is 11.5 Å². The molecule has 0 radical (unpaired) electrons. The molecule has 0 aliphatic heterocycles. The summed E-state index contributed by atoms with van der Waals surface area (Å²) in [5, 5.41) is 10.7. The number of aliphatic hydroxyl groups is 1. The molecule has 3 nitrogen and oxygen atoms in total. The maximum absolute atomic E-state index is 10.7. The maximum atomic E-state index is 10.7. The molecule has 0 spiro atoms. The molecule has 2 saturated carbocycles. The topological polar surface area (TPSA) is 38.7 Å². The van der Waals surface area contributed by atoms with Crippen LogP contribution >= 0.6 is 0 Å². The zero-order valence-corrected chi connectivity index (χ0v) is 18.1. The summed E-state index contributed by atoms with van der Waals surface area (Å²) in [6, 6.07) is 12.8. The first-order valence-corrected chi connectivity index (χ1v) is 11.3. The number of rotatable bonds is 4. The summed E-state index contributed by atoms with van der Waals surface area (Å²) in [4.78, 5) is 0. The fourth-order valence-electron chi connectivity index (χ4n) is 6.75. The van der Waals surface area contributed by atoms with Gasteiger partial charge in [0.05, 0.1) is 19.5 Å². The standard InChI is InChI=1S/C27H32O3/c1-4-30-25-15-18-7-10-21-20(13-14-27(2)24(21)11-12-26(27)28)22(18)16-23(25)17-5-8-19(29-3)9-6-17/h4-6,8-9,15-16,20-21,24,26,28H,1,7,10-14H2,2-3H3/t20-,21+,24-,26-,27-/m0/s1. The molecule has 3 aliphatic rings. The van der Waals surface area contributed by atoms with E-state index in [-0.39, 0.29) is 11.5 Å². The van der Waals surface area contributed by atoms with Crippen LogP contribution in [0.3, 0.4) is 0 Å². The van der Waals surface area contributed by atoms with Gasteiger partial charge in [-0.25, -0.2) is 0 Å². The van der Waals surface area contributed by atoms with Gasteiger partial charge in [-0.05, 0) is 103 Å². The minimum atomic E-state index is -0.122. The van der Waals surface area contributed by atoms with Crippen molar-refractivity contribution in [2.45, 2.75) is 57.5 Å². The highest BCUT2D eigenvalue weighted by molar-refractivity contribution is 5.73. The van der Waals surface area contributed by atoms with Crippen molar-refractivity contribution in [3.05, 3.63) is 60.4 Å². The van der Waals surface area contributed by atoms with Crippen molar-refractivity contribution in [2.75, 3.05) is 7.11 Å². The first-order chi connectivity index (χ1) is 14.5. The van der Waals surface area contributed by atoms with E-state index in [9.17, 15) is 5.11 Å². The highest BCUT2D eigenvalue weighted by Gasteiger charge is 2.54. The average Bonchev–Trinajstić information content (AvgIpc) is 3.08. The highest BCUT2D eigenvalue weighted by atomic mass is 16.5. The Labute approximate surface area is 179 Å². The lowest BCUT2D eigenvalue weighted by Gasteiger charge is -2.50. The lowest BCUT2D eigenvalue weighted by Crippen LogP contribution is -2.43. The van der Waals surface area contributed by atoms with Gasteiger partial charge in [0.15, 0.2) is 0 Å². The molecular weight excluding hydrogens is 372 g/mol. The Morgan fingerprint density at radius 2 is 1.90 bits per heavy atom. The predicted octanol–water partition coefficient (Wildman–Crippen LogP) is 6.10. The number of hydrogen-bond donors (Lipinski definition) is 1. The number of aliphatic hydroxyl groups excluding tert-OH is 1. The van der Waals surface area contributed by atoms with Crippen molar-refractivity contribution in [2.24, 2.45) is 17.3 Å². The van der Waals surface area contributed by atoms with Crippen molar-refractivity contribution < 1.29 is 14.6 Å². The number of hydrogen-bond acceptors (Lipinski definition) is 3. The van der Waals surface area contributed by atoms with Gasteiger partial charge in [-0.1, -0.05) is 25.6 Å². The number of aryl methyl sites for hydroxylation is 1. The van der Waals surface area contributed by atoms with E-state index >= 15 is 0 Å². The van der Waals surface area contributed by atoms with E-state index in [4.69, 9.17) is 9.47 Å². The van der Waals surface area contributed by atoms with E-state index in [1.807, 2.05) is 12.1 Å². The predicted molar refractivity (Wildman–Crippen MR) is 120 cm³/mol. The number of benzene rings is 2. The first-order valence-electron chi connectivity index (χ1n) is 11.3. The van der Waals surface area contributed by atoms with Crippen LogP contribution in [0.25, 0.3) is 11.1 Å². The average molecular weight is 405 g/mol. The molecule has 0 saturated heterocycles. The highest BCUT2D eigenvalue weighted by Crippen LogP contribution is 2.61. The van der Waals surface area contributed by atoms with Crippen molar-refractivity contribution in [1.82, 2.24) is 0 Å². The zero-order valence-electron chi connectivity index (χ0n) is 18.1. The van der Waals surface area contributed by atoms with E-state index in [1.54, 1.807) is 7.11 Å². The summed E-state index contributed by atoms with van der Waals surface area (Å²) >= 11 is 0. The van der Waals surface area contributed by atoms with Gasteiger partial charge in [0.2, 0.25) is 0 Å². The molecule has 30 heavy (non-hydrogen) atoms. The fourth-order valence-corrected chi connectivity index (χ4v) is 6.75. The molecule has 3 heteroatoms. The van der Waals surface area contributed by atoms with Crippen LogP contribution in [0.4, 0.5) is 0 Å². The van der Waals surface area contributed by atoms with Gasteiger partial charge in [0, 0.05) is 5.56 Å². The normalized spacial score (nSPS) is 32.0. The Bertz CT molecular complexity index is 947. The Kier molecular flexibility index (Phi) is 4.89. The Balaban J connectivity index is 1.56. The SMILES string of the molecule is C=COc1cc2c(cc1-c1ccc(OC)cc1)[C@H]1CC[C@]3(C)[C@@H](O)CC[C@H]3[C@@H]1CC2. The van der Waals surface area contributed by atoms with Gasteiger partial charge in [0.25, 0.3) is 0 Å². The molecule has 0 unspecified atom stereocenters. The molecule has 0 amide bonds. The van der Waals surface area contributed by atoms with Gasteiger partial charge in [-0.2, -0.15) is 0 Å². The monoisotopic (exact) mass is 404 g/mol. The third-order valence-corrected chi connectivity index (χ3v) is 8.39. The van der Waals surface area contributed by atoms with Gasteiger partial charge >= 0.3 is 0 Å². The fraction of sp³-hybridized carbons (Fsp3) is 0.481. The summed E-state index contributed by atoms with van der Waals surface area (Å²) in [5.74, 6) is 3.65. The van der Waals surface area contributed by atoms with Crippen LogP contribution in [-0.2, 0) is 6.42 Å². The molecule has 1 N–H and O–H groups in total. The van der Waals surface area contributed by atoms with Crippen LogP contribution in [-0.4, -0.2) is 18.3 Å². The van der Waals surface area contributed by atoms with Crippen molar-refractivity contribution in [1.29, 1.82) is 0 Å². The minimum absolute atomic E-state index is 0.114. The lowest BCUT2D eigenvalue weighted by molar-refractivity contribution is -0.0226. The van der Waals surface area contributed by atoms with Crippen LogP contribution in [0.15, 0.2) is 49.2 Å². The van der Waals surface area contributed by atoms with E-state index in [0.717, 1.165) is 41.9 Å². The van der Waals surface area contributed by atoms with Gasteiger partial charge in [-0.15, -0.1) is 0 Å². The lowest BCUT2D eigenvalue weighted by atomic mass is 9.55. The second kappa shape index (κ2) is 7.46. The molecule has 0 aromatic heterocycles. The third kappa shape index (κ3) is 2.98. The molecule has 5 atom stereocenters. The van der Waals surface area contributed by atoms with Gasteiger partial charge in [0.1, 0.15) is 11.5 Å². The molecule has 3 aliphatic carbocycles. The number of methoxy groups -OCH3 is 1. The largest absolute Gasteiger partial charge is 0.497 e. The summed E-state index contributed by atoms with van der Waals surface area (Å²) in [5.41, 5.74) is 5.29. The first kappa shape index (κ1) is 19.7. The van der Waals surface area contributed by atoms with E-state index in [1.165, 1.54) is 36.7 Å². The van der Waals surface area contributed by atoms with Crippen LogP contribution in [0.2, 0.25) is 0 Å². The second-order valence-corrected chi connectivity index (χ2v) is 9.61. The molecule has 0 heterocycles. The van der Waals surface area contributed by atoms with Crippen molar-refractivity contribution >= 4 is 0 Å². The molecule has 2 aromatic rings. The minimum Gasteiger partial charge on any atom is -0.497 e. The van der Waals surface area contributed by atoms with Gasteiger partial charge in [-0.3, -0.25) is 0 Å². The van der Waals surface area contributed by atoms with Gasteiger partial charge < -0.3 is 14.6 Å². The number of fused-ring (bicyclic) bond motifs is 5. The molecular formula is C27H32O3. The van der Waals surface area contributed by atoms with Crippen molar-refractivity contribution in [3.63, 3.8) is 0 Å². The third-order valence-electron chi connectivity index (χ3n) is 8.39. The Morgan fingerprint density at radius 3 is 2.63 bits per heavy atom. The number of ether oxygens (including phenoxy) is 2. The molecule has 2 aromatic carbocycles. The quantitative estimate of drug-likeness (QED) is 0.626. The second-order valence-electron chi connectivity index (χ2n) is 9.61. The molecule has 0 bridgehead atoms. The maximum Gasteiger partial charge on any atom is 0.134 e. The van der Waals surface area contributed by atoms with Crippen molar-refractivity contribution in [3.8, 4) is 22.6 Å². The summed E-state index contributed by atoms with van der Waals surface area (Å²) in [6.07, 6.45) is 8.16. The summed E-state index contributed by atoms with van der Waals surface area (Å²) in [6.45, 7) is 6.12. The summed E-state index contributed by atoms with van der Waals surface area (Å²) in [7, 11) is 1.69. The smallest absolute Gasteiger partial charge is 0.134 e. The molecule has 5 rings (SSSR count). The van der Waals surface area contributed by atoms with Crippen LogP contribution in [0.1, 0.15) is 56.1 Å². The van der Waals surface area contributed by atoms with E-state index in [2.05, 4.69) is 37.8 Å². The van der Waals surface area contributed by atoms with Crippen LogP contribution in [0, 0.1) is 17.3 Å². The molecule has 2 fully saturated rings. The van der Waals surface area contributed by atoms with E-state index in [0.29, 0.717) is 17.8 Å². The van der Waals surface area contributed by atoms with Crippen LogP contribution < -0.4 is 9.47 Å².